The maximum absolute atomic E-state index is 14.2. The van der Waals surface area contributed by atoms with Crippen LogP contribution in [0.25, 0.3) is 16.9 Å². The smallest absolute Gasteiger partial charge is 0.254 e. The summed E-state index contributed by atoms with van der Waals surface area (Å²) in [4.78, 5) is 47.6. The summed E-state index contributed by atoms with van der Waals surface area (Å²) in [5.74, 6) is 1.02. The normalized spacial score (nSPS) is 19.8. The van der Waals surface area contributed by atoms with Crippen LogP contribution in [-0.4, -0.2) is 176 Å². The number of likely N-dealkylation sites (tertiary alicyclic amines) is 1. The maximum atomic E-state index is 14.2. The van der Waals surface area contributed by atoms with Crippen molar-refractivity contribution in [1.29, 1.82) is 0 Å². The summed E-state index contributed by atoms with van der Waals surface area (Å²) in [5, 5.41) is 36.9. The number of hydrogen-bond acceptors (Lipinski definition) is 18. The molecule has 396 valence electrons. The number of aryl methyl sites for hydroxylation is 1. The molecule has 6 aromatic rings. The number of anilines is 3. The minimum atomic E-state index is -0.840. The van der Waals surface area contributed by atoms with Crippen molar-refractivity contribution in [3.05, 3.63) is 109 Å². The number of aliphatic hydroxyl groups excluding tert-OH is 1. The van der Waals surface area contributed by atoms with Crippen molar-refractivity contribution in [2.75, 3.05) is 107 Å². The number of carbonyl (C=O) groups excluding carboxylic acids is 2. The molecule has 75 heavy (non-hydrogen) atoms. The van der Waals surface area contributed by atoms with Gasteiger partial charge in [0.25, 0.3) is 5.88 Å². The molecule has 8 heterocycles. The zero-order chi connectivity index (χ0) is 52.2. The van der Waals surface area contributed by atoms with Crippen molar-refractivity contribution in [3.8, 4) is 34.5 Å². The average Bonchev–Trinajstić information content (AvgIpc) is 4.16. The number of nitrogens with one attached hydrogen (secondary N) is 1. The van der Waals surface area contributed by atoms with Gasteiger partial charge < -0.3 is 59.3 Å². The molecule has 21 nitrogen and oxygen atoms in total. The highest BCUT2D eigenvalue weighted by atomic mass is 16.5. The van der Waals surface area contributed by atoms with E-state index in [1.807, 2.05) is 93.1 Å². The maximum Gasteiger partial charge on any atom is 0.254 e. The highest BCUT2D eigenvalue weighted by Gasteiger charge is 2.49. The number of nitrogens with two attached hydrogens (primary N) is 1. The van der Waals surface area contributed by atoms with Gasteiger partial charge in [-0.2, -0.15) is 0 Å². The minimum absolute atomic E-state index is 0.0443. The lowest BCUT2D eigenvalue weighted by molar-refractivity contribution is -0.141. The van der Waals surface area contributed by atoms with E-state index in [9.17, 15) is 19.8 Å². The van der Waals surface area contributed by atoms with Gasteiger partial charge in [-0.05, 0) is 66.9 Å². The van der Waals surface area contributed by atoms with Crippen LogP contribution in [-0.2, 0) is 14.3 Å². The summed E-state index contributed by atoms with van der Waals surface area (Å²) in [6, 6.07) is 21.4. The Bertz CT molecular complexity index is 2920. The number of aliphatic hydroxyl groups is 1. The van der Waals surface area contributed by atoms with E-state index in [4.69, 9.17) is 24.5 Å². The molecule has 4 aliphatic rings. The Labute approximate surface area is 436 Å². The van der Waals surface area contributed by atoms with E-state index in [1.54, 1.807) is 30.6 Å². The number of phenolic OH excluding ortho intramolecular Hbond substituents is 1. The van der Waals surface area contributed by atoms with Crippen LogP contribution in [0.5, 0.6) is 17.5 Å². The molecule has 4 aliphatic heterocycles. The largest absolute Gasteiger partial charge is 0.507 e. The second-order valence-corrected chi connectivity index (χ2v) is 20.4. The predicted octanol–water partition coefficient (Wildman–Crippen LogP) is 4.06. The van der Waals surface area contributed by atoms with Crippen LogP contribution < -0.4 is 30.3 Å². The number of aromatic nitrogens is 6. The molecule has 5 N–H and O–H groups in total. The number of para-hydroxylation sites is 1. The summed E-state index contributed by atoms with van der Waals surface area (Å²) in [6.45, 7) is 16.8. The zero-order valence-electron chi connectivity index (χ0n) is 43.0. The first-order valence-electron chi connectivity index (χ1n) is 25.9. The van der Waals surface area contributed by atoms with Crippen LogP contribution in [0, 0.1) is 12.8 Å². The van der Waals surface area contributed by atoms with Gasteiger partial charge >= 0.3 is 0 Å². The van der Waals surface area contributed by atoms with Crippen LogP contribution in [0.15, 0.2) is 95.9 Å². The number of hydrogen-bond donors (Lipinski definition) is 4. The molecule has 2 aromatic carbocycles. The molecular weight excluding hydrogens is 959 g/mol. The summed E-state index contributed by atoms with van der Waals surface area (Å²) >= 11 is 0. The minimum Gasteiger partial charge on any atom is -0.507 e. The number of phenols is 1. The van der Waals surface area contributed by atoms with Crippen molar-refractivity contribution >= 4 is 29.0 Å². The number of rotatable bonds is 18. The lowest BCUT2D eigenvalue weighted by atomic mass is 9.90. The van der Waals surface area contributed by atoms with Crippen LogP contribution in [0.1, 0.15) is 56.3 Å². The Kier molecular flexibility index (Phi) is 15.2. The molecule has 0 aliphatic carbocycles. The van der Waals surface area contributed by atoms with Crippen molar-refractivity contribution in [1.82, 2.24) is 49.9 Å². The van der Waals surface area contributed by atoms with Crippen LogP contribution in [0.2, 0.25) is 0 Å². The number of benzene rings is 2. The lowest BCUT2D eigenvalue weighted by Gasteiger charge is -2.56. The van der Waals surface area contributed by atoms with Crippen LogP contribution in [0.3, 0.4) is 0 Å². The first kappa shape index (κ1) is 51.2. The summed E-state index contributed by atoms with van der Waals surface area (Å²) < 4.78 is 25.8. The number of carbonyl (C=O) groups is 2. The highest BCUT2D eigenvalue weighted by molar-refractivity contribution is 5.91. The standard InChI is InChI=1S/C54H67N13O8/c1-35(2)50(53(71)66-31-41(68)28-45(66)52(70)58-36(3)38-9-11-39(12-10-38)65-16-15-56-37(65)4)47-30-49(61-75-47)74-26-24-63-19-17-62(18-20-63)23-25-73-48-27-40(13-14-57-48)67-22-21-64(32-54(67)33-72-34-54)44-29-43(59-60-51(44)55)42-7-5-6-8-46(42)69/h5-16,27,29-30,35-36,41,45,50,68-69H,17-26,28,31-34H2,1-4H3,(H2,55,60)(H,58,70)/t36-,41+,45-,50-/m0/s1. The van der Waals surface area contributed by atoms with Crippen LogP contribution in [0.4, 0.5) is 17.2 Å². The summed E-state index contributed by atoms with van der Waals surface area (Å²) in [5.41, 5.74) is 10.9. The molecule has 4 atom stereocenters. The summed E-state index contributed by atoms with van der Waals surface area (Å²) in [7, 11) is 0. The fourth-order valence-corrected chi connectivity index (χ4v) is 10.8. The molecule has 0 radical (unpaired) electrons. The number of nitrogens with zero attached hydrogens (tertiary/aromatic N) is 11. The average molecular weight is 1030 g/mol. The first-order valence-corrected chi connectivity index (χ1v) is 25.9. The molecule has 21 heteroatoms. The predicted molar refractivity (Wildman–Crippen MR) is 280 cm³/mol. The van der Waals surface area contributed by atoms with Gasteiger partial charge in [-0.15, -0.1) is 10.2 Å². The fourth-order valence-electron chi connectivity index (χ4n) is 10.8. The van der Waals surface area contributed by atoms with Gasteiger partial charge in [0, 0.05) is 120 Å². The number of piperazine rings is 2. The molecule has 0 saturated carbocycles. The fraction of sp³-hybridized carbons (Fsp3) is 0.463. The molecule has 1 spiro atoms. The highest BCUT2D eigenvalue weighted by Crippen LogP contribution is 2.39. The third-order valence-corrected chi connectivity index (χ3v) is 15.0. The van der Waals surface area contributed by atoms with Gasteiger partial charge in [0.1, 0.15) is 42.3 Å². The Morgan fingerprint density at radius 3 is 2.28 bits per heavy atom. The second-order valence-electron chi connectivity index (χ2n) is 20.4. The summed E-state index contributed by atoms with van der Waals surface area (Å²) in [6.07, 6.45) is 4.75. The van der Waals surface area contributed by atoms with E-state index >= 15 is 0 Å². The zero-order valence-corrected chi connectivity index (χ0v) is 43.0. The molecule has 0 bridgehead atoms. The Balaban J connectivity index is 0.661. The van der Waals surface area contributed by atoms with Gasteiger partial charge in [0.15, 0.2) is 11.6 Å². The van der Waals surface area contributed by atoms with E-state index in [-0.39, 0.29) is 48.0 Å². The monoisotopic (exact) mass is 1030 g/mol. The number of nitrogen functional groups attached to an aromatic ring is 1. The van der Waals surface area contributed by atoms with Gasteiger partial charge in [-0.1, -0.05) is 38.1 Å². The quantitative estimate of drug-likeness (QED) is 0.0950. The van der Waals surface area contributed by atoms with E-state index in [0.717, 1.165) is 67.7 Å². The van der Waals surface area contributed by atoms with Crippen molar-refractivity contribution in [2.45, 2.75) is 63.8 Å². The number of pyridine rings is 1. The number of amides is 2. The van der Waals surface area contributed by atoms with E-state index in [0.29, 0.717) is 80.7 Å². The second kappa shape index (κ2) is 22.3. The van der Waals surface area contributed by atoms with Gasteiger partial charge in [0.05, 0.1) is 36.7 Å². The van der Waals surface area contributed by atoms with E-state index < -0.39 is 18.1 Å². The third-order valence-electron chi connectivity index (χ3n) is 15.0. The number of imidazole rings is 1. The first-order chi connectivity index (χ1) is 36.3. The number of ether oxygens (including phenoxy) is 3. The third kappa shape index (κ3) is 11.2. The topological polar surface area (TPSA) is 239 Å². The Hall–Kier alpha value is -7.33. The van der Waals surface area contributed by atoms with Crippen molar-refractivity contribution < 1.29 is 38.5 Å². The molecule has 0 unspecified atom stereocenters. The number of β-amino-alcohol motifs (C(OH)–C–C–N with tert-alkyl or cyclic N) is 1. The van der Waals surface area contributed by atoms with E-state index in [1.165, 1.54) is 4.90 Å². The molecular formula is C54H67N13O8. The molecule has 4 fully saturated rings. The lowest BCUT2D eigenvalue weighted by Crippen LogP contribution is -2.72. The van der Waals surface area contributed by atoms with Crippen molar-refractivity contribution in [2.24, 2.45) is 5.92 Å². The van der Waals surface area contributed by atoms with Crippen LogP contribution >= 0.6 is 0 Å². The Morgan fingerprint density at radius 1 is 0.867 bits per heavy atom. The van der Waals surface area contributed by atoms with E-state index in [2.05, 4.69) is 50.2 Å². The molecule has 4 saturated heterocycles. The number of aromatic hydroxyl groups is 1. The van der Waals surface area contributed by atoms with Gasteiger partial charge in [0.2, 0.25) is 17.7 Å². The Morgan fingerprint density at radius 2 is 1.60 bits per heavy atom. The van der Waals surface area contributed by atoms with Gasteiger partial charge in [-0.3, -0.25) is 19.4 Å². The molecule has 2 amide bonds. The van der Waals surface area contributed by atoms with Crippen molar-refractivity contribution in [3.63, 3.8) is 0 Å². The molecule has 4 aromatic heterocycles. The molecule has 10 rings (SSSR count). The SMILES string of the molecule is Cc1nccn1-c1ccc([C@H](C)NC(=O)[C@@H]2C[C@@H](O)CN2C(=O)[C@H](c2cc(OCCN3CCN(CCOc4cc(N5CCN(c6cc(-c7ccccc7O)nnc6N)CC56COC6)ccn4)CC3)no2)C(C)C)cc1. The van der Waals surface area contributed by atoms with Gasteiger partial charge in [-0.25, -0.2) is 9.97 Å².